The summed E-state index contributed by atoms with van der Waals surface area (Å²) in [7, 11) is 0. The third-order valence-corrected chi connectivity index (χ3v) is 4.95. The Morgan fingerprint density at radius 1 is 1.05 bits per heavy atom. The van der Waals surface area contributed by atoms with Crippen LogP contribution in [0.5, 0.6) is 0 Å². The second-order valence-electron chi connectivity index (χ2n) is 4.99. The van der Waals surface area contributed by atoms with Crippen LogP contribution in [0.4, 0.5) is 4.39 Å². The maximum Gasteiger partial charge on any atom is 0.219 e. The fraction of sp³-hybridized carbons (Fsp3) is 0.235. The summed E-state index contributed by atoms with van der Waals surface area (Å²) in [6.07, 6.45) is 0.889. The highest BCUT2D eigenvalue weighted by atomic mass is 32.2. The van der Waals surface area contributed by atoms with E-state index in [1.807, 2.05) is 42.5 Å². The Morgan fingerprint density at radius 2 is 1.75 bits per heavy atom. The van der Waals surface area contributed by atoms with E-state index < -0.39 is 5.00 Å². The molecule has 20 heavy (non-hydrogen) atoms. The minimum Gasteiger partial charge on any atom is -0.290 e. The van der Waals surface area contributed by atoms with Gasteiger partial charge in [0.05, 0.1) is 0 Å². The average Bonchev–Trinajstić information content (AvgIpc) is 2.51. The van der Waals surface area contributed by atoms with Crippen LogP contribution in [0.15, 0.2) is 54.6 Å². The van der Waals surface area contributed by atoms with Crippen LogP contribution in [-0.2, 0) is 12.2 Å². The molecule has 1 nitrogen and oxygen atoms in total. The SMILES string of the molecule is O=C1c2ccccc2CCC1(F)SCc1ccccc1. The molecule has 0 fully saturated rings. The normalized spacial score (nSPS) is 21.6. The average molecular weight is 286 g/mol. The molecule has 1 unspecified atom stereocenters. The van der Waals surface area contributed by atoms with Gasteiger partial charge in [0.25, 0.3) is 0 Å². The first-order chi connectivity index (χ1) is 9.69. The summed E-state index contributed by atoms with van der Waals surface area (Å²) >= 11 is 1.11. The van der Waals surface area contributed by atoms with Gasteiger partial charge in [0.15, 0.2) is 0 Å². The number of carbonyl (C=O) groups excluding carboxylic acids is 1. The molecule has 1 aliphatic rings. The van der Waals surface area contributed by atoms with Gasteiger partial charge in [-0.3, -0.25) is 4.79 Å². The lowest BCUT2D eigenvalue weighted by atomic mass is 9.89. The summed E-state index contributed by atoms with van der Waals surface area (Å²) in [5, 5.41) is -1.79. The number of hydrogen-bond donors (Lipinski definition) is 0. The molecule has 0 spiro atoms. The molecule has 0 saturated carbocycles. The Hall–Kier alpha value is -1.61. The maximum atomic E-state index is 14.9. The van der Waals surface area contributed by atoms with E-state index in [0.717, 1.165) is 22.9 Å². The molecule has 3 rings (SSSR count). The van der Waals surface area contributed by atoms with E-state index in [4.69, 9.17) is 0 Å². The van der Waals surface area contributed by atoms with Crippen LogP contribution in [0.1, 0.15) is 27.9 Å². The van der Waals surface area contributed by atoms with Crippen LogP contribution < -0.4 is 0 Å². The smallest absolute Gasteiger partial charge is 0.219 e. The van der Waals surface area contributed by atoms with Gasteiger partial charge >= 0.3 is 0 Å². The number of fused-ring (bicyclic) bond motifs is 1. The predicted molar refractivity (Wildman–Crippen MR) is 80.7 cm³/mol. The van der Waals surface area contributed by atoms with E-state index in [9.17, 15) is 9.18 Å². The standard InChI is InChI=1S/C17H15FOS/c18-17(20-12-13-6-2-1-3-7-13)11-10-14-8-4-5-9-15(14)16(17)19/h1-9H,10-12H2. The summed E-state index contributed by atoms with van der Waals surface area (Å²) in [6.45, 7) is 0. The van der Waals surface area contributed by atoms with Gasteiger partial charge < -0.3 is 0 Å². The minimum atomic E-state index is -1.79. The molecule has 102 valence electrons. The molecule has 0 aliphatic heterocycles. The number of hydrogen-bond acceptors (Lipinski definition) is 2. The molecule has 2 aromatic rings. The van der Waals surface area contributed by atoms with E-state index in [2.05, 4.69) is 0 Å². The fourth-order valence-corrected chi connectivity index (χ4v) is 3.55. The molecule has 0 bridgehead atoms. The zero-order valence-electron chi connectivity index (χ0n) is 11.0. The number of Topliss-reactive ketones (excluding diaryl/α,β-unsaturated/α-hetero) is 1. The number of alkyl halides is 1. The Kier molecular flexibility index (Phi) is 3.62. The number of benzene rings is 2. The molecule has 0 saturated heterocycles. The van der Waals surface area contributed by atoms with Gasteiger partial charge in [0.2, 0.25) is 10.8 Å². The van der Waals surface area contributed by atoms with E-state index >= 15 is 0 Å². The van der Waals surface area contributed by atoms with Crippen molar-refractivity contribution >= 4 is 17.5 Å². The molecule has 2 aromatic carbocycles. The lowest BCUT2D eigenvalue weighted by Gasteiger charge is -2.29. The highest BCUT2D eigenvalue weighted by Gasteiger charge is 2.43. The van der Waals surface area contributed by atoms with Gasteiger partial charge in [0.1, 0.15) is 0 Å². The molecule has 3 heteroatoms. The molecule has 0 heterocycles. The van der Waals surface area contributed by atoms with Gasteiger partial charge in [-0.25, -0.2) is 4.39 Å². The number of thioether (sulfide) groups is 1. The van der Waals surface area contributed by atoms with Crippen molar-refractivity contribution in [2.24, 2.45) is 0 Å². The second-order valence-corrected chi connectivity index (χ2v) is 6.21. The maximum absolute atomic E-state index is 14.9. The molecule has 1 aliphatic carbocycles. The largest absolute Gasteiger partial charge is 0.290 e. The predicted octanol–water partition coefficient (Wildman–Crippen LogP) is 4.41. The molecular formula is C17H15FOS. The van der Waals surface area contributed by atoms with Gasteiger partial charge in [-0.15, -0.1) is 11.8 Å². The third-order valence-electron chi connectivity index (χ3n) is 3.63. The number of carbonyl (C=O) groups is 1. The Labute approximate surface area is 122 Å². The lowest BCUT2D eigenvalue weighted by Crippen LogP contribution is -2.35. The summed E-state index contributed by atoms with van der Waals surface area (Å²) in [5.74, 6) is 0.144. The first-order valence-corrected chi connectivity index (χ1v) is 7.67. The van der Waals surface area contributed by atoms with Crippen molar-refractivity contribution in [3.05, 3.63) is 71.3 Å². The minimum absolute atomic E-state index is 0.264. The van der Waals surface area contributed by atoms with Crippen LogP contribution in [0, 0.1) is 0 Å². The van der Waals surface area contributed by atoms with E-state index in [1.165, 1.54) is 0 Å². The van der Waals surface area contributed by atoms with Crippen molar-refractivity contribution in [1.29, 1.82) is 0 Å². The van der Waals surface area contributed by atoms with E-state index in [0.29, 0.717) is 17.7 Å². The highest BCUT2D eigenvalue weighted by molar-refractivity contribution is 8.00. The Morgan fingerprint density at radius 3 is 2.55 bits per heavy atom. The van der Waals surface area contributed by atoms with Gasteiger partial charge in [-0.2, -0.15) is 0 Å². The summed E-state index contributed by atoms with van der Waals surface area (Å²) in [5.41, 5.74) is 2.55. The van der Waals surface area contributed by atoms with E-state index in [-0.39, 0.29) is 12.2 Å². The number of rotatable bonds is 3. The van der Waals surface area contributed by atoms with Crippen molar-refractivity contribution in [2.75, 3.05) is 0 Å². The van der Waals surface area contributed by atoms with Crippen LogP contribution in [-0.4, -0.2) is 10.8 Å². The van der Waals surface area contributed by atoms with Crippen molar-refractivity contribution in [3.63, 3.8) is 0 Å². The fourth-order valence-electron chi connectivity index (χ4n) is 2.48. The third kappa shape index (κ3) is 2.50. The van der Waals surface area contributed by atoms with Crippen LogP contribution in [0.2, 0.25) is 0 Å². The van der Waals surface area contributed by atoms with Crippen molar-refractivity contribution in [3.8, 4) is 0 Å². The first-order valence-electron chi connectivity index (χ1n) is 6.68. The monoisotopic (exact) mass is 286 g/mol. The number of aryl methyl sites for hydroxylation is 1. The van der Waals surface area contributed by atoms with Gasteiger partial charge in [0, 0.05) is 17.7 Å². The Balaban J connectivity index is 1.78. The molecule has 1 atom stereocenters. The number of ketones is 1. The zero-order chi connectivity index (χ0) is 14.0. The molecule has 0 amide bonds. The lowest BCUT2D eigenvalue weighted by molar-refractivity contribution is 0.0813. The quantitative estimate of drug-likeness (QED) is 0.831. The summed E-state index contributed by atoms with van der Waals surface area (Å²) in [4.78, 5) is 12.4. The van der Waals surface area contributed by atoms with Crippen LogP contribution in [0.25, 0.3) is 0 Å². The topological polar surface area (TPSA) is 17.1 Å². The van der Waals surface area contributed by atoms with Crippen LogP contribution >= 0.6 is 11.8 Å². The van der Waals surface area contributed by atoms with E-state index in [1.54, 1.807) is 12.1 Å². The first kappa shape index (κ1) is 13.4. The second kappa shape index (κ2) is 5.41. The molecular weight excluding hydrogens is 271 g/mol. The highest BCUT2D eigenvalue weighted by Crippen LogP contribution is 2.41. The Bertz CT molecular complexity index is 626. The molecule has 0 aromatic heterocycles. The molecule has 0 radical (unpaired) electrons. The molecule has 0 N–H and O–H groups in total. The van der Waals surface area contributed by atoms with Crippen molar-refractivity contribution in [2.45, 2.75) is 23.6 Å². The number of halogens is 1. The summed E-state index contributed by atoms with van der Waals surface area (Å²) in [6, 6.07) is 17.0. The van der Waals surface area contributed by atoms with Gasteiger partial charge in [-0.1, -0.05) is 54.6 Å². The zero-order valence-corrected chi connectivity index (χ0v) is 11.8. The van der Waals surface area contributed by atoms with Crippen molar-refractivity contribution < 1.29 is 9.18 Å². The summed E-state index contributed by atoms with van der Waals surface area (Å²) < 4.78 is 14.9. The van der Waals surface area contributed by atoms with Crippen LogP contribution in [0.3, 0.4) is 0 Å². The van der Waals surface area contributed by atoms with Crippen molar-refractivity contribution in [1.82, 2.24) is 0 Å². The van der Waals surface area contributed by atoms with Gasteiger partial charge in [-0.05, 0) is 17.5 Å².